The van der Waals surface area contributed by atoms with Crippen LogP contribution in [0.2, 0.25) is 0 Å². The van der Waals surface area contributed by atoms with Crippen LogP contribution in [0.4, 0.5) is 5.69 Å². The second kappa shape index (κ2) is 6.85. The van der Waals surface area contributed by atoms with Crippen LogP contribution < -0.4 is 9.80 Å². The number of anilines is 1. The van der Waals surface area contributed by atoms with E-state index in [0.29, 0.717) is 0 Å². The molecule has 2 aromatic carbocycles. The average Bonchev–Trinajstić information content (AvgIpc) is 2.58. The molecule has 23 heavy (non-hydrogen) atoms. The van der Waals surface area contributed by atoms with Crippen molar-refractivity contribution in [1.82, 2.24) is 0 Å². The minimum Gasteiger partial charge on any atom is -0.360 e. The maximum absolute atomic E-state index is 9.23. The minimum absolute atomic E-state index is 0.817. The highest BCUT2D eigenvalue weighted by atomic mass is 15.3. The van der Waals surface area contributed by atoms with E-state index in [2.05, 4.69) is 49.1 Å². The molecular weight excluding hydrogens is 282 g/mol. The number of aryl methyl sites for hydroxylation is 2. The number of nitrogens with one attached hydrogen (secondary N) is 1. The van der Waals surface area contributed by atoms with Crippen LogP contribution in [0.25, 0.3) is 0 Å². The maximum Gasteiger partial charge on any atom is 0.104 e. The van der Waals surface area contributed by atoms with Gasteiger partial charge in [-0.1, -0.05) is 30.3 Å². The fraction of sp³-hybridized carbons (Fsp3) is 0.350. The molecule has 3 heteroatoms. The van der Waals surface area contributed by atoms with E-state index >= 15 is 0 Å². The lowest BCUT2D eigenvalue weighted by molar-refractivity contribution is -0.914. The molecule has 3 rings (SSSR count). The Bertz CT molecular complexity index is 722. The minimum atomic E-state index is 0.817. The molecule has 118 valence electrons. The van der Waals surface area contributed by atoms with Crippen LogP contribution in [0, 0.1) is 25.2 Å². The first-order valence-corrected chi connectivity index (χ1v) is 8.31. The van der Waals surface area contributed by atoms with Gasteiger partial charge in [0, 0.05) is 11.3 Å². The van der Waals surface area contributed by atoms with Crippen molar-refractivity contribution in [3.8, 4) is 6.07 Å². The number of piperazine rings is 1. The first-order chi connectivity index (χ1) is 11.2. The number of benzene rings is 2. The van der Waals surface area contributed by atoms with Crippen LogP contribution in [0.15, 0.2) is 42.5 Å². The topological polar surface area (TPSA) is 31.5 Å². The molecule has 0 bridgehead atoms. The number of hydrogen-bond acceptors (Lipinski definition) is 2. The van der Waals surface area contributed by atoms with Gasteiger partial charge in [0.15, 0.2) is 0 Å². The first-order valence-electron chi connectivity index (χ1n) is 8.31. The standard InChI is InChI=1S/C20H23N3/c1-16-7-8-17(2)20(13-16)23-11-9-22(10-12-23)15-19-6-4-3-5-18(19)14-21/h3-8,13H,9-12,15H2,1-2H3/p+1. The van der Waals surface area contributed by atoms with E-state index < -0.39 is 0 Å². The fourth-order valence-corrected chi connectivity index (χ4v) is 3.35. The summed E-state index contributed by atoms with van der Waals surface area (Å²) in [6, 6.07) is 17.0. The van der Waals surface area contributed by atoms with E-state index in [4.69, 9.17) is 0 Å². The Balaban J connectivity index is 1.65. The molecule has 2 aromatic rings. The smallest absolute Gasteiger partial charge is 0.104 e. The molecular formula is C20H24N3+. The van der Waals surface area contributed by atoms with E-state index in [1.807, 2.05) is 18.2 Å². The summed E-state index contributed by atoms with van der Waals surface area (Å²) >= 11 is 0. The molecule has 3 nitrogen and oxygen atoms in total. The number of nitrogens with zero attached hydrogens (tertiary/aromatic N) is 2. The summed E-state index contributed by atoms with van der Waals surface area (Å²) in [4.78, 5) is 4.07. The SMILES string of the molecule is Cc1ccc(C)c(N2CC[NH+](Cc3ccccc3C#N)CC2)c1. The van der Waals surface area contributed by atoms with E-state index in [0.717, 1.165) is 38.3 Å². The van der Waals surface area contributed by atoms with Gasteiger partial charge in [-0.3, -0.25) is 0 Å². The average molecular weight is 306 g/mol. The first kappa shape index (κ1) is 15.6. The molecule has 1 saturated heterocycles. The van der Waals surface area contributed by atoms with Crippen molar-refractivity contribution in [3.63, 3.8) is 0 Å². The monoisotopic (exact) mass is 306 g/mol. The predicted molar refractivity (Wildman–Crippen MR) is 93.7 cm³/mol. The van der Waals surface area contributed by atoms with Crippen molar-refractivity contribution in [2.24, 2.45) is 0 Å². The molecule has 1 fully saturated rings. The quantitative estimate of drug-likeness (QED) is 0.941. The van der Waals surface area contributed by atoms with Gasteiger partial charge in [-0.15, -0.1) is 0 Å². The van der Waals surface area contributed by atoms with Crippen molar-refractivity contribution < 1.29 is 4.90 Å². The molecule has 0 unspecified atom stereocenters. The van der Waals surface area contributed by atoms with Crippen molar-refractivity contribution >= 4 is 5.69 Å². The van der Waals surface area contributed by atoms with Gasteiger partial charge in [0.2, 0.25) is 0 Å². The summed E-state index contributed by atoms with van der Waals surface area (Å²) in [5, 5.41) is 9.23. The zero-order valence-electron chi connectivity index (χ0n) is 14.0. The van der Waals surface area contributed by atoms with Crippen LogP contribution in [0.5, 0.6) is 0 Å². The Labute approximate surface area is 138 Å². The highest BCUT2D eigenvalue weighted by molar-refractivity contribution is 5.55. The summed E-state index contributed by atoms with van der Waals surface area (Å²) in [6.45, 7) is 9.69. The zero-order valence-corrected chi connectivity index (χ0v) is 14.0. The van der Waals surface area contributed by atoms with Crippen molar-refractivity contribution in [1.29, 1.82) is 5.26 Å². The largest absolute Gasteiger partial charge is 0.360 e. The second-order valence-electron chi connectivity index (χ2n) is 6.47. The van der Waals surface area contributed by atoms with E-state index in [9.17, 15) is 5.26 Å². The Morgan fingerprint density at radius 3 is 2.57 bits per heavy atom. The third-order valence-corrected chi connectivity index (χ3v) is 4.75. The van der Waals surface area contributed by atoms with Gasteiger partial charge in [0.1, 0.15) is 6.54 Å². The highest BCUT2D eigenvalue weighted by Crippen LogP contribution is 2.21. The van der Waals surface area contributed by atoms with Crippen LogP contribution in [-0.4, -0.2) is 26.2 Å². The highest BCUT2D eigenvalue weighted by Gasteiger charge is 2.22. The summed E-state index contributed by atoms with van der Waals surface area (Å²) in [5.41, 5.74) is 6.04. The second-order valence-corrected chi connectivity index (χ2v) is 6.47. The van der Waals surface area contributed by atoms with Crippen molar-refractivity contribution in [2.45, 2.75) is 20.4 Å². The Hall–Kier alpha value is -2.31. The van der Waals surface area contributed by atoms with E-state index in [1.54, 1.807) is 4.90 Å². The van der Waals surface area contributed by atoms with Gasteiger partial charge in [-0.2, -0.15) is 5.26 Å². The Morgan fingerprint density at radius 1 is 1.09 bits per heavy atom. The zero-order chi connectivity index (χ0) is 16.2. The lowest BCUT2D eigenvalue weighted by Gasteiger charge is -2.34. The summed E-state index contributed by atoms with van der Waals surface area (Å²) in [6.07, 6.45) is 0. The molecule has 0 saturated carbocycles. The number of rotatable bonds is 3. The van der Waals surface area contributed by atoms with Crippen LogP contribution in [-0.2, 0) is 6.54 Å². The van der Waals surface area contributed by atoms with Crippen LogP contribution in [0.3, 0.4) is 0 Å². The Morgan fingerprint density at radius 2 is 1.83 bits per heavy atom. The molecule has 1 aliphatic heterocycles. The van der Waals surface area contributed by atoms with Crippen LogP contribution >= 0.6 is 0 Å². The predicted octanol–water partition coefficient (Wildman–Crippen LogP) is 2.08. The van der Waals surface area contributed by atoms with Gasteiger partial charge in [-0.25, -0.2) is 0 Å². The van der Waals surface area contributed by atoms with Crippen molar-refractivity contribution in [3.05, 3.63) is 64.7 Å². The molecule has 0 spiro atoms. The normalized spacial score (nSPS) is 15.4. The molecule has 0 atom stereocenters. The van der Waals surface area contributed by atoms with Gasteiger partial charge in [-0.05, 0) is 37.1 Å². The van der Waals surface area contributed by atoms with Crippen molar-refractivity contribution in [2.75, 3.05) is 31.1 Å². The van der Waals surface area contributed by atoms with Gasteiger partial charge in [0.25, 0.3) is 0 Å². The van der Waals surface area contributed by atoms with Gasteiger partial charge < -0.3 is 9.80 Å². The van der Waals surface area contributed by atoms with E-state index in [-0.39, 0.29) is 0 Å². The third-order valence-electron chi connectivity index (χ3n) is 4.75. The Kier molecular flexibility index (Phi) is 4.64. The fourth-order valence-electron chi connectivity index (χ4n) is 3.35. The van der Waals surface area contributed by atoms with E-state index in [1.165, 1.54) is 22.4 Å². The molecule has 0 aromatic heterocycles. The number of hydrogen-bond donors (Lipinski definition) is 1. The number of nitriles is 1. The molecule has 1 aliphatic rings. The van der Waals surface area contributed by atoms with Gasteiger partial charge in [0.05, 0.1) is 37.8 Å². The lowest BCUT2D eigenvalue weighted by atomic mass is 10.1. The molecule has 0 radical (unpaired) electrons. The van der Waals surface area contributed by atoms with Gasteiger partial charge >= 0.3 is 0 Å². The number of quaternary nitrogens is 1. The van der Waals surface area contributed by atoms with Crippen LogP contribution in [0.1, 0.15) is 22.3 Å². The lowest BCUT2D eigenvalue weighted by Crippen LogP contribution is -3.13. The summed E-state index contributed by atoms with van der Waals surface area (Å²) < 4.78 is 0. The third kappa shape index (κ3) is 3.55. The molecule has 0 amide bonds. The summed E-state index contributed by atoms with van der Waals surface area (Å²) in [5.74, 6) is 0. The maximum atomic E-state index is 9.23. The molecule has 1 N–H and O–H groups in total. The summed E-state index contributed by atoms with van der Waals surface area (Å²) in [7, 11) is 0. The molecule has 0 aliphatic carbocycles. The molecule has 1 heterocycles.